The highest BCUT2D eigenvalue weighted by atomic mass is 15.0. The number of allylic oxidation sites excluding steroid dienone is 6. The molecule has 1 atom stereocenters. The van der Waals surface area contributed by atoms with E-state index >= 15 is 0 Å². The monoisotopic (exact) mass is 669 g/mol. The highest BCUT2D eigenvalue weighted by Gasteiger charge is 2.26. The Hall–Kier alpha value is -7.05. The average Bonchev–Trinajstić information content (AvgIpc) is 3.67. The summed E-state index contributed by atoms with van der Waals surface area (Å²) in [6.07, 6.45) is 15.8. The molecule has 5 nitrogen and oxygen atoms in total. The van der Waals surface area contributed by atoms with Gasteiger partial charge in [0.25, 0.3) is 0 Å². The van der Waals surface area contributed by atoms with Gasteiger partial charge in [-0.1, -0.05) is 92.6 Å². The highest BCUT2D eigenvalue weighted by molar-refractivity contribution is 6.09. The van der Waals surface area contributed by atoms with Crippen molar-refractivity contribution in [2.24, 2.45) is 0 Å². The summed E-state index contributed by atoms with van der Waals surface area (Å²) in [5.41, 5.74) is 12.0. The third-order valence-corrected chi connectivity index (χ3v) is 9.93. The lowest BCUT2D eigenvalue weighted by Crippen LogP contribution is -2.14. The molecule has 0 saturated carbocycles. The van der Waals surface area contributed by atoms with Gasteiger partial charge in [0, 0.05) is 39.6 Å². The number of para-hydroxylation sites is 3. The van der Waals surface area contributed by atoms with Crippen molar-refractivity contribution in [1.29, 1.82) is 15.8 Å². The largest absolute Gasteiger partial charge is 0.330 e. The molecule has 0 aliphatic heterocycles. The van der Waals surface area contributed by atoms with E-state index < -0.39 is 0 Å². The standard InChI is InChI=1S/C47H35N5/c1-5-14-40-43(25-32(6-2)28-48)31(4)51(44(40)7-3)38-24-34(30-50)22-36(27-38)35-21-33(29-49)23-37(26-35)39-15-8-11-18-45(39)52-46-19-12-9-16-41(46)42-17-10-13-20-47(42)52/h3,6,8-13,15-23,25-27,38H,2,5,14,24H2,1,4H3/b32-25+. The summed E-state index contributed by atoms with van der Waals surface area (Å²) in [6.45, 7) is 7.93. The van der Waals surface area contributed by atoms with Crippen molar-refractivity contribution >= 4 is 33.5 Å². The Kier molecular flexibility index (Phi) is 9.04. The zero-order valence-electron chi connectivity index (χ0n) is 29.2. The van der Waals surface area contributed by atoms with Crippen LogP contribution in [0.15, 0.2) is 127 Å². The van der Waals surface area contributed by atoms with Crippen LogP contribution in [0.3, 0.4) is 0 Å². The van der Waals surface area contributed by atoms with Crippen molar-refractivity contribution in [1.82, 2.24) is 9.13 Å². The second-order valence-corrected chi connectivity index (χ2v) is 13.0. The van der Waals surface area contributed by atoms with E-state index in [0.29, 0.717) is 23.1 Å². The Morgan fingerprint density at radius 2 is 1.58 bits per heavy atom. The molecule has 7 rings (SSSR count). The summed E-state index contributed by atoms with van der Waals surface area (Å²) in [4.78, 5) is 0. The zero-order valence-corrected chi connectivity index (χ0v) is 29.2. The first kappa shape index (κ1) is 33.4. The molecule has 6 aromatic rings. The van der Waals surface area contributed by atoms with Crippen LogP contribution in [-0.4, -0.2) is 9.13 Å². The van der Waals surface area contributed by atoms with Crippen LogP contribution in [0.4, 0.5) is 0 Å². The van der Waals surface area contributed by atoms with Crippen molar-refractivity contribution in [3.05, 3.63) is 161 Å². The van der Waals surface area contributed by atoms with Crippen LogP contribution < -0.4 is 0 Å². The van der Waals surface area contributed by atoms with E-state index in [9.17, 15) is 15.8 Å². The van der Waals surface area contributed by atoms with Crippen molar-refractivity contribution in [3.63, 3.8) is 0 Å². The van der Waals surface area contributed by atoms with Gasteiger partial charge in [0.05, 0.1) is 57.8 Å². The predicted molar refractivity (Wildman–Crippen MR) is 211 cm³/mol. The minimum Gasteiger partial charge on any atom is -0.330 e. The Balaban J connectivity index is 1.41. The van der Waals surface area contributed by atoms with Gasteiger partial charge in [-0.25, -0.2) is 0 Å². The van der Waals surface area contributed by atoms with Crippen LogP contribution in [-0.2, 0) is 6.42 Å². The van der Waals surface area contributed by atoms with E-state index in [1.807, 2.05) is 43.3 Å². The van der Waals surface area contributed by atoms with Gasteiger partial charge < -0.3 is 9.13 Å². The average molecular weight is 670 g/mol. The number of fused-ring (bicyclic) bond motifs is 3. The first-order valence-corrected chi connectivity index (χ1v) is 17.3. The Labute approximate surface area is 304 Å². The van der Waals surface area contributed by atoms with E-state index in [2.05, 4.69) is 120 Å². The van der Waals surface area contributed by atoms with E-state index in [4.69, 9.17) is 6.42 Å². The smallest absolute Gasteiger partial charge is 0.0992 e. The lowest BCUT2D eigenvalue weighted by Gasteiger charge is -2.24. The number of benzene rings is 4. The molecule has 1 aliphatic rings. The summed E-state index contributed by atoms with van der Waals surface area (Å²) in [6, 6.07) is 37.8. The van der Waals surface area contributed by atoms with Crippen LogP contribution in [0.5, 0.6) is 0 Å². The fraction of sp³-hybridized carbons (Fsp3) is 0.128. The maximum Gasteiger partial charge on any atom is 0.0992 e. The number of nitrogens with zero attached hydrogens (tertiary/aromatic N) is 5. The molecule has 0 fully saturated rings. The molecule has 1 unspecified atom stereocenters. The molecule has 0 bridgehead atoms. The number of aromatic nitrogens is 2. The Morgan fingerprint density at radius 1 is 0.904 bits per heavy atom. The molecule has 5 heteroatoms. The van der Waals surface area contributed by atoms with Gasteiger partial charge >= 0.3 is 0 Å². The normalized spacial score (nSPS) is 14.2. The van der Waals surface area contributed by atoms with Crippen molar-refractivity contribution in [3.8, 4) is 47.4 Å². The van der Waals surface area contributed by atoms with E-state index in [1.54, 1.807) is 6.08 Å². The SMILES string of the molecule is C#Cc1c(CCC)c(/C=C(/C#N)C=C)c(C)n1C1C=C(c2cc(C#N)cc(-c3ccccc3-n3c4ccccc4c4ccccc43)c2)C=C(C#N)C1. The molecule has 1 aliphatic carbocycles. The lowest BCUT2D eigenvalue weighted by molar-refractivity contribution is 0.583. The molecular weight excluding hydrogens is 635 g/mol. The number of terminal acetylenes is 1. The summed E-state index contributed by atoms with van der Waals surface area (Å²) in [7, 11) is 0. The molecular formula is C47H35N5. The van der Waals surface area contributed by atoms with E-state index in [0.717, 1.165) is 74.3 Å². The minimum atomic E-state index is -0.258. The third kappa shape index (κ3) is 5.72. The summed E-state index contributed by atoms with van der Waals surface area (Å²) in [5, 5.41) is 32.6. The maximum absolute atomic E-state index is 10.3. The maximum atomic E-state index is 10.3. The molecule has 52 heavy (non-hydrogen) atoms. The van der Waals surface area contributed by atoms with Crippen LogP contribution in [0.1, 0.15) is 59.4 Å². The molecule has 0 N–H and O–H groups in total. The van der Waals surface area contributed by atoms with E-state index in [-0.39, 0.29) is 6.04 Å². The Bertz CT molecular complexity index is 2640. The highest BCUT2D eigenvalue weighted by Crippen LogP contribution is 2.40. The van der Waals surface area contributed by atoms with Crippen LogP contribution in [0, 0.1) is 53.3 Å². The minimum absolute atomic E-state index is 0.258. The van der Waals surface area contributed by atoms with Crippen molar-refractivity contribution in [2.75, 3.05) is 0 Å². The summed E-state index contributed by atoms with van der Waals surface area (Å²) < 4.78 is 4.42. The van der Waals surface area contributed by atoms with Gasteiger partial charge in [-0.3, -0.25) is 0 Å². The van der Waals surface area contributed by atoms with Gasteiger partial charge in [-0.15, -0.1) is 6.42 Å². The Morgan fingerprint density at radius 3 is 2.21 bits per heavy atom. The number of hydrogen-bond acceptors (Lipinski definition) is 3. The number of rotatable bonds is 8. The molecule has 0 spiro atoms. The first-order valence-electron chi connectivity index (χ1n) is 17.3. The second kappa shape index (κ2) is 14.1. The van der Waals surface area contributed by atoms with Gasteiger partial charge in [0.15, 0.2) is 0 Å². The van der Waals surface area contributed by atoms with Crippen molar-refractivity contribution in [2.45, 2.75) is 39.2 Å². The number of nitriles is 3. The molecule has 248 valence electrons. The fourth-order valence-electron chi connectivity index (χ4n) is 7.67. The fourth-order valence-corrected chi connectivity index (χ4v) is 7.67. The predicted octanol–water partition coefficient (Wildman–Crippen LogP) is 10.9. The second-order valence-electron chi connectivity index (χ2n) is 13.0. The molecule has 0 amide bonds. The summed E-state index contributed by atoms with van der Waals surface area (Å²) in [5.74, 6) is 2.95. The van der Waals surface area contributed by atoms with Gasteiger partial charge in [-0.05, 0) is 84.2 Å². The molecule has 0 saturated heterocycles. The molecule has 0 radical (unpaired) electrons. The van der Waals surface area contributed by atoms with Crippen LogP contribution in [0.2, 0.25) is 0 Å². The quantitative estimate of drug-likeness (QED) is 0.0919. The molecule has 2 heterocycles. The van der Waals surface area contributed by atoms with Crippen LogP contribution >= 0.6 is 0 Å². The first-order chi connectivity index (χ1) is 25.4. The molecule has 4 aromatic carbocycles. The third-order valence-electron chi connectivity index (χ3n) is 9.93. The topological polar surface area (TPSA) is 81.2 Å². The summed E-state index contributed by atoms with van der Waals surface area (Å²) >= 11 is 0. The molecule has 2 aromatic heterocycles. The number of hydrogen-bond donors (Lipinski definition) is 0. The van der Waals surface area contributed by atoms with Gasteiger partial charge in [-0.2, -0.15) is 15.8 Å². The van der Waals surface area contributed by atoms with Gasteiger partial charge in [0.1, 0.15) is 0 Å². The van der Waals surface area contributed by atoms with Crippen molar-refractivity contribution < 1.29 is 0 Å². The lowest BCUT2D eigenvalue weighted by atomic mass is 9.89. The van der Waals surface area contributed by atoms with Crippen LogP contribution in [0.25, 0.3) is 50.3 Å². The van der Waals surface area contributed by atoms with Gasteiger partial charge in [0.2, 0.25) is 0 Å². The zero-order chi connectivity index (χ0) is 36.4. The van der Waals surface area contributed by atoms with E-state index in [1.165, 1.54) is 10.8 Å².